The van der Waals surface area contributed by atoms with E-state index in [4.69, 9.17) is 13.9 Å². The van der Waals surface area contributed by atoms with Crippen LogP contribution in [0.2, 0.25) is 0 Å². The lowest BCUT2D eigenvalue weighted by molar-refractivity contribution is -0.140. The molecule has 0 aromatic carbocycles. The van der Waals surface area contributed by atoms with Crippen LogP contribution >= 0.6 is 0 Å². The van der Waals surface area contributed by atoms with Gasteiger partial charge in [0.15, 0.2) is 6.10 Å². The Morgan fingerprint density at radius 2 is 2.00 bits per heavy atom. The molecule has 0 amide bonds. The van der Waals surface area contributed by atoms with Gasteiger partial charge in [0.2, 0.25) is 5.78 Å². The Bertz CT molecular complexity index is 813. The van der Waals surface area contributed by atoms with Crippen LogP contribution in [0.4, 0.5) is 0 Å². The van der Waals surface area contributed by atoms with Crippen LogP contribution in [0.25, 0.3) is 6.08 Å². The molecule has 0 saturated carbocycles. The molecular formula is C18H19NO6. The molecule has 0 spiro atoms. The highest BCUT2D eigenvalue weighted by Gasteiger charge is 2.26. The van der Waals surface area contributed by atoms with Crippen molar-refractivity contribution in [3.05, 3.63) is 52.7 Å². The van der Waals surface area contributed by atoms with Crippen molar-refractivity contribution in [2.45, 2.75) is 26.9 Å². The van der Waals surface area contributed by atoms with Crippen LogP contribution in [-0.4, -0.2) is 35.9 Å². The Morgan fingerprint density at radius 1 is 1.28 bits per heavy atom. The summed E-state index contributed by atoms with van der Waals surface area (Å²) >= 11 is 0. The first-order valence-corrected chi connectivity index (χ1v) is 7.59. The van der Waals surface area contributed by atoms with Gasteiger partial charge in [-0.3, -0.25) is 4.79 Å². The average molecular weight is 345 g/mol. The maximum atomic E-state index is 12.5. The summed E-state index contributed by atoms with van der Waals surface area (Å²) in [7, 11) is 1.27. The molecule has 25 heavy (non-hydrogen) atoms. The number of furan rings is 1. The van der Waals surface area contributed by atoms with Crippen molar-refractivity contribution >= 4 is 23.8 Å². The smallest absolute Gasteiger partial charge is 0.339 e. The van der Waals surface area contributed by atoms with Crippen molar-refractivity contribution in [1.29, 1.82) is 0 Å². The van der Waals surface area contributed by atoms with Gasteiger partial charge in [-0.05, 0) is 44.5 Å². The molecule has 1 N–H and O–H groups in total. The van der Waals surface area contributed by atoms with Crippen LogP contribution in [-0.2, 0) is 14.3 Å². The number of carbonyl (C=O) groups is 3. The summed E-state index contributed by atoms with van der Waals surface area (Å²) < 4.78 is 14.9. The number of aryl methyl sites for hydroxylation is 1. The molecule has 132 valence electrons. The standard InChI is InChI=1S/C18H19NO6/c1-10-15(18(22)23-4)11(2)19-16(10)17(21)12(3)25-14(20)8-7-13-6-5-9-24-13/h5-9,12,19H,1-4H3/b8-7+/t12-/m1/s1. The van der Waals surface area contributed by atoms with E-state index in [0.29, 0.717) is 22.6 Å². The molecule has 0 radical (unpaired) electrons. The number of aromatic amines is 1. The van der Waals surface area contributed by atoms with Gasteiger partial charge in [0, 0.05) is 11.8 Å². The quantitative estimate of drug-likeness (QED) is 0.491. The minimum absolute atomic E-state index is 0.216. The molecule has 0 unspecified atom stereocenters. The molecule has 7 nitrogen and oxygen atoms in total. The van der Waals surface area contributed by atoms with Crippen LogP contribution in [0.15, 0.2) is 28.9 Å². The molecule has 2 heterocycles. The number of carbonyl (C=O) groups excluding carboxylic acids is 3. The highest BCUT2D eigenvalue weighted by Crippen LogP contribution is 2.20. The van der Waals surface area contributed by atoms with Crippen LogP contribution in [0.3, 0.4) is 0 Å². The van der Waals surface area contributed by atoms with Gasteiger partial charge in [-0.1, -0.05) is 0 Å². The van der Waals surface area contributed by atoms with Crippen LogP contribution in [0, 0.1) is 13.8 Å². The van der Waals surface area contributed by atoms with Crippen molar-refractivity contribution in [3.63, 3.8) is 0 Å². The number of Topliss-reactive ketones (excluding diaryl/α,β-unsaturated/α-hetero) is 1. The summed E-state index contributed by atoms with van der Waals surface area (Å²) in [5, 5.41) is 0. The molecule has 0 bridgehead atoms. The number of nitrogens with one attached hydrogen (secondary N) is 1. The SMILES string of the molecule is COC(=O)c1c(C)[nH]c(C(=O)[C@@H](C)OC(=O)/C=C/c2ccco2)c1C. The lowest BCUT2D eigenvalue weighted by Crippen LogP contribution is -2.24. The van der Waals surface area contributed by atoms with Crippen molar-refractivity contribution < 1.29 is 28.3 Å². The van der Waals surface area contributed by atoms with Crippen LogP contribution in [0.1, 0.15) is 44.8 Å². The fourth-order valence-electron chi connectivity index (χ4n) is 2.41. The van der Waals surface area contributed by atoms with E-state index >= 15 is 0 Å². The summed E-state index contributed by atoms with van der Waals surface area (Å²) in [5.74, 6) is -1.15. The van der Waals surface area contributed by atoms with Gasteiger partial charge in [-0.15, -0.1) is 0 Å². The van der Waals surface area contributed by atoms with E-state index in [-0.39, 0.29) is 5.69 Å². The molecule has 2 rings (SSSR count). The maximum absolute atomic E-state index is 12.5. The second-order valence-electron chi connectivity index (χ2n) is 5.41. The number of hydrogen-bond donors (Lipinski definition) is 1. The number of hydrogen-bond acceptors (Lipinski definition) is 6. The second-order valence-corrected chi connectivity index (χ2v) is 5.41. The van der Waals surface area contributed by atoms with Crippen molar-refractivity contribution in [1.82, 2.24) is 4.98 Å². The van der Waals surface area contributed by atoms with Crippen molar-refractivity contribution in [2.75, 3.05) is 7.11 Å². The molecule has 1 atom stereocenters. The first kappa shape index (κ1) is 18.3. The zero-order valence-corrected chi connectivity index (χ0v) is 14.4. The molecule has 2 aromatic heterocycles. The van der Waals surface area contributed by atoms with E-state index in [9.17, 15) is 14.4 Å². The minimum atomic E-state index is -1.02. The number of aromatic nitrogens is 1. The molecule has 0 aliphatic heterocycles. The number of ether oxygens (including phenoxy) is 2. The third kappa shape index (κ3) is 4.06. The topological polar surface area (TPSA) is 98.6 Å². The van der Waals surface area contributed by atoms with Gasteiger partial charge >= 0.3 is 11.9 Å². The second kappa shape index (κ2) is 7.65. The van der Waals surface area contributed by atoms with Crippen LogP contribution in [0.5, 0.6) is 0 Å². The number of ketones is 1. The molecule has 0 aliphatic rings. The summed E-state index contributed by atoms with van der Waals surface area (Å²) in [5.41, 5.74) is 1.50. The predicted octanol–water partition coefficient (Wildman–Crippen LogP) is 2.84. The molecular weight excluding hydrogens is 326 g/mol. The molecule has 2 aromatic rings. The van der Waals surface area contributed by atoms with E-state index < -0.39 is 23.8 Å². The van der Waals surface area contributed by atoms with Gasteiger partial charge in [0.05, 0.1) is 24.6 Å². The Hall–Kier alpha value is -3.09. The van der Waals surface area contributed by atoms with Gasteiger partial charge in [-0.25, -0.2) is 9.59 Å². The maximum Gasteiger partial charge on any atom is 0.339 e. The van der Waals surface area contributed by atoms with Gasteiger partial charge < -0.3 is 18.9 Å². The fourth-order valence-corrected chi connectivity index (χ4v) is 2.41. The van der Waals surface area contributed by atoms with Gasteiger partial charge in [0.25, 0.3) is 0 Å². The lowest BCUT2D eigenvalue weighted by Gasteiger charge is -2.10. The van der Waals surface area contributed by atoms with Crippen molar-refractivity contribution in [2.24, 2.45) is 0 Å². The van der Waals surface area contributed by atoms with Crippen LogP contribution < -0.4 is 0 Å². The first-order valence-electron chi connectivity index (χ1n) is 7.59. The molecule has 7 heteroatoms. The minimum Gasteiger partial charge on any atom is -0.465 e. The van der Waals surface area contributed by atoms with Gasteiger partial charge in [0.1, 0.15) is 5.76 Å². The number of esters is 2. The Labute approximate surface area is 144 Å². The Morgan fingerprint density at radius 3 is 2.60 bits per heavy atom. The third-order valence-corrected chi connectivity index (χ3v) is 3.66. The summed E-state index contributed by atoms with van der Waals surface area (Å²) in [6.45, 7) is 4.77. The summed E-state index contributed by atoms with van der Waals surface area (Å²) in [6, 6.07) is 3.37. The third-order valence-electron chi connectivity index (χ3n) is 3.66. The zero-order valence-electron chi connectivity index (χ0n) is 14.4. The number of methoxy groups -OCH3 is 1. The Kier molecular flexibility index (Phi) is 5.59. The largest absolute Gasteiger partial charge is 0.465 e. The summed E-state index contributed by atoms with van der Waals surface area (Å²) in [6.07, 6.45) is 3.08. The molecule has 0 saturated heterocycles. The van der Waals surface area contributed by atoms with E-state index in [0.717, 1.165) is 0 Å². The average Bonchev–Trinajstić information content (AvgIpc) is 3.19. The molecule has 0 aliphatic carbocycles. The Balaban J connectivity index is 2.10. The zero-order chi connectivity index (χ0) is 18.6. The monoisotopic (exact) mass is 345 g/mol. The first-order chi connectivity index (χ1) is 11.8. The van der Waals surface area contributed by atoms with Gasteiger partial charge in [-0.2, -0.15) is 0 Å². The van der Waals surface area contributed by atoms with Crippen molar-refractivity contribution in [3.8, 4) is 0 Å². The number of rotatable bonds is 6. The van der Waals surface area contributed by atoms with E-state index in [1.807, 2.05) is 0 Å². The van der Waals surface area contributed by atoms with E-state index in [2.05, 4.69) is 4.98 Å². The van der Waals surface area contributed by atoms with E-state index in [1.54, 1.807) is 26.0 Å². The summed E-state index contributed by atoms with van der Waals surface area (Å²) in [4.78, 5) is 39.0. The molecule has 0 fully saturated rings. The predicted molar refractivity (Wildman–Crippen MR) is 89.2 cm³/mol. The fraction of sp³-hybridized carbons (Fsp3) is 0.278. The normalized spacial score (nSPS) is 12.2. The highest BCUT2D eigenvalue weighted by molar-refractivity contribution is 6.04. The van der Waals surface area contributed by atoms with E-state index in [1.165, 1.54) is 32.4 Å². The lowest BCUT2D eigenvalue weighted by atomic mass is 10.1. The number of H-pyrrole nitrogens is 1. The highest BCUT2D eigenvalue weighted by atomic mass is 16.5.